The van der Waals surface area contributed by atoms with E-state index in [4.69, 9.17) is 11.6 Å². The monoisotopic (exact) mass is 457 g/mol. The molecule has 3 aromatic rings. The first-order chi connectivity index (χ1) is 15.9. The summed E-state index contributed by atoms with van der Waals surface area (Å²) in [6.45, 7) is 0. The van der Waals surface area contributed by atoms with Gasteiger partial charge in [-0.15, -0.1) is 0 Å². The molecular weight excluding hydrogens is 441 g/mol. The maximum atomic E-state index is 16.0. The van der Waals surface area contributed by atoms with Crippen LogP contribution in [0.5, 0.6) is 0 Å². The van der Waals surface area contributed by atoms with E-state index in [-0.39, 0.29) is 23.1 Å². The van der Waals surface area contributed by atoms with Gasteiger partial charge < -0.3 is 15.0 Å². The van der Waals surface area contributed by atoms with Gasteiger partial charge in [-0.3, -0.25) is 4.79 Å². The van der Waals surface area contributed by atoms with Crippen molar-refractivity contribution in [3.8, 4) is 0 Å². The molecule has 0 aromatic carbocycles. The number of allylic oxidation sites excluding steroid dienone is 2. The molecule has 0 saturated carbocycles. The van der Waals surface area contributed by atoms with Gasteiger partial charge in [0.1, 0.15) is 10.9 Å². The summed E-state index contributed by atoms with van der Waals surface area (Å²) in [4.78, 5) is 30.9. The standard InChI is InChI=1S/C25H17ClFN5O/c26-23-8-7-22(33)24(31-23)20-13-25(27)12-19-6-5-17(30-19)10-15-2-1-14(28-15)9-16-3-4-18(29-16)11-21(20)32-25/h1-12,28-30H,13H2. The van der Waals surface area contributed by atoms with Gasteiger partial charge in [0, 0.05) is 44.8 Å². The predicted octanol–water partition coefficient (Wildman–Crippen LogP) is 1.44. The Balaban J connectivity index is 1.62. The molecule has 8 heteroatoms. The molecule has 0 fully saturated rings. The number of rotatable bonds is 0. The van der Waals surface area contributed by atoms with Crippen LogP contribution in [0.4, 0.5) is 4.39 Å². The lowest BCUT2D eigenvalue weighted by Gasteiger charge is -2.11. The molecule has 3 aromatic heterocycles. The van der Waals surface area contributed by atoms with Crippen molar-refractivity contribution < 1.29 is 9.18 Å². The van der Waals surface area contributed by atoms with Crippen LogP contribution >= 0.6 is 11.6 Å². The third-order valence-electron chi connectivity index (χ3n) is 5.63. The molecule has 3 N–H and O–H groups in total. The van der Waals surface area contributed by atoms with Gasteiger partial charge in [0.05, 0.1) is 5.71 Å². The van der Waals surface area contributed by atoms with Gasteiger partial charge in [-0.2, -0.15) is 0 Å². The molecule has 6 heterocycles. The van der Waals surface area contributed by atoms with Gasteiger partial charge in [-0.25, -0.2) is 14.4 Å². The minimum atomic E-state index is -2.04. The lowest BCUT2D eigenvalue weighted by molar-refractivity contribution is -0.111. The Morgan fingerprint density at radius 2 is 1.48 bits per heavy atom. The van der Waals surface area contributed by atoms with Crippen LogP contribution in [-0.2, 0) is 4.79 Å². The highest BCUT2D eigenvalue weighted by atomic mass is 35.5. The van der Waals surface area contributed by atoms with E-state index < -0.39 is 5.79 Å². The normalized spacial score (nSPS) is 23.8. The molecule has 0 aliphatic carbocycles. The number of aromatic amines is 3. The van der Waals surface area contributed by atoms with Crippen molar-refractivity contribution in [3.05, 3.63) is 92.6 Å². The van der Waals surface area contributed by atoms with Crippen LogP contribution in [0.15, 0.2) is 69.8 Å². The van der Waals surface area contributed by atoms with Gasteiger partial charge in [0.25, 0.3) is 0 Å². The van der Waals surface area contributed by atoms with Crippen molar-refractivity contribution >= 4 is 52.6 Å². The van der Waals surface area contributed by atoms with E-state index in [0.29, 0.717) is 16.6 Å². The smallest absolute Gasteiger partial charge is 0.225 e. The second kappa shape index (κ2) is 7.28. The number of dihydropyridines is 1. The number of halogens is 2. The molecule has 6 rings (SSSR count). The zero-order valence-electron chi connectivity index (χ0n) is 17.2. The largest absolute Gasteiger partial charge is 0.356 e. The first-order valence-corrected chi connectivity index (χ1v) is 10.8. The van der Waals surface area contributed by atoms with Crippen LogP contribution in [0.25, 0.3) is 24.3 Å². The fourth-order valence-electron chi connectivity index (χ4n) is 4.21. The van der Waals surface area contributed by atoms with Crippen LogP contribution in [-0.4, -0.2) is 37.4 Å². The van der Waals surface area contributed by atoms with Crippen molar-refractivity contribution in [2.75, 3.05) is 0 Å². The van der Waals surface area contributed by atoms with Crippen molar-refractivity contribution in [2.45, 2.75) is 12.2 Å². The molecular formula is C25H17ClFN5O. The van der Waals surface area contributed by atoms with Crippen LogP contribution in [0, 0.1) is 0 Å². The van der Waals surface area contributed by atoms with E-state index >= 15 is 4.39 Å². The maximum Gasteiger partial charge on any atom is 0.225 e. The molecule has 3 aliphatic heterocycles. The van der Waals surface area contributed by atoms with E-state index in [1.807, 2.05) is 42.5 Å². The number of hydrogen-bond donors (Lipinski definition) is 3. The molecule has 0 radical (unpaired) electrons. The number of fused-ring (bicyclic) bond motifs is 7. The zero-order chi connectivity index (χ0) is 22.6. The molecule has 8 bridgehead atoms. The topological polar surface area (TPSA) is 89.2 Å². The summed E-state index contributed by atoms with van der Waals surface area (Å²) in [5, 5.41) is 3.17. The Hall–Kier alpha value is -3.97. The predicted molar refractivity (Wildman–Crippen MR) is 127 cm³/mol. The molecule has 1 atom stereocenters. The van der Waals surface area contributed by atoms with Gasteiger partial charge in [-0.05, 0) is 72.9 Å². The SMILES string of the molecule is O=C1C=CC(Cl)=NC1=C1CC2(F)C=c3ccc([nH]3)=Cc3ccc([nH]3)C=c3ccc([nH]3)=CC1=N2. The van der Waals surface area contributed by atoms with Crippen molar-refractivity contribution in [1.29, 1.82) is 0 Å². The number of H-pyrrole nitrogens is 3. The van der Waals surface area contributed by atoms with Gasteiger partial charge in [-0.1, -0.05) is 11.6 Å². The Morgan fingerprint density at radius 3 is 2.21 bits per heavy atom. The quantitative estimate of drug-likeness (QED) is 0.346. The van der Waals surface area contributed by atoms with Crippen molar-refractivity contribution in [2.24, 2.45) is 9.98 Å². The summed E-state index contributed by atoms with van der Waals surface area (Å²) in [5.41, 5.74) is 2.73. The van der Waals surface area contributed by atoms with E-state index in [1.165, 1.54) is 18.2 Å². The summed E-state index contributed by atoms with van der Waals surface area (Å²) in [7, 11) is 0. The number of hydrogen-bond acceptors (Lipinski definition) is 3. The zero-order valence-corrected chi connectivity index (χ0v) is 17.9. The van der Waals surface area contributed by atoms with Gasteiger partial charge >= 0.3 is 0 Å². The second-order valence-electron chi connectivity index (χ2n) is 8.14. The van der Waals surface area contributed by atoms with E-state index in [2.05, 4.69) is 24.9 Å². The van der Waals surface area contributed by atoms with Crippen LogP contribution in [0.3, 0.4) is 0 Å². The first-order valence-electron chi connectivity index (χ1n) is 10.4. The van der Waals surface area contributed by atoms with Crippen LogP contribution in [0.1, 0.15) is 17.8 Å². The summed E-state index contributed by atoms with van der Waals surface area (Å²) < 4.78 is 16.0. The molecule has 33 heavy (non-hydrogen) atoms. The average Bonchev–Trinajstić information content (AvgIpc) is 3.54. The maximum absolute atomic E-state index is 16.0. The summed E-state index contributed by atoms with van der Waals surface area (Å²) >= 11 is 6.05. The van der Waals surface area contributed by atoms with Gasteiger partial charge in [0.15, 0.2) is 0 Å². The van der Waals surface area contributed by atoms with Crippen LogP contribution in [0.2, 0.25) is 0 Å². The average molecular weight is 458 g/mol. The molecule has 0 spiro atoms. The lowest BCUT2D eigenvalue weighted by Crippen LogP contribution is -2.20. The highest BCUT2D eigenvalue weighted by molar-refractivity contribution is 6.69. The number of carbonyl (C=O) groups excluding carboxylic acids is 1. The lowest BCUT2D eigenvalue weighted by atomic mass is 9.99. The molecule has 6 nitrogen and oxygen atoms in total. The molecule has 1 unspecified atom stereocenters. The fraction of sp³-hybridized carbons (Fsp3) is 0.0800. The number of nitrogens with zero attached hydrogens (tertiary/aromatic N) is 2. The summed E-state index contributed by atoms with van der Waals surface area (Å²) in [6, 6.07) is 11.4. The molecule has 0 saturated heterocycles. The first kappa shape index (κ1) is 19.7. The second-order valence-corrected chi connectivity index (χ2v) is 8.52. The Kier molecular flexibility index (Phi) is 4.35. The Morgan fingerprint density at radius 1 is 0.848 bits per heavy atom. The fourth-order valence-corrected chi connectivity index (χ4v) is 4.35. The minimum Gasteiger partial charge on any atom is -0.356 e. The molecule has 3 aliphatic rings. The Bertz CT molecular complexity index is 1690. The van der Waals surface area contributed by atoms with E-state index in [1.54, 1.807) is 12.1 Å². The van der Waals surface area contributed by atoms with Gasteiger partial charge in [0.2, 0.25) is 11.6 Å². The molecule has 162 valence electrons. The summed E-state index contributed by atoms with van der Waals surface area (Å²) in [5.74, 6) is -2.37. The highest BCUT2D eigenvalue weighted by Gasteiger charge is 2.38. The summed E-state index contributed by atoms with van der Waals surface area (Å²) in [6.07, 6.45) is 9.72. The van der Waals surface area contributed by atoms with Crippen molar-refractivity contribution in [1.82, 2.24) is 15.0 Å². The third-order valence-corrected chi connectivity index (χ3v) is 5.85. The third kappa shape index (κ3) is 3.76. The van der Waals surface area contributed by atoms with E-state index in [0.717, 1.165) is 27.4 Å². The number of carbonyl (C=O) groups is 1. The number of alkyl halides is 1. The van der Waals surface area contributed by atoms with Crippen molar-refractivity contribution in [3.63, 3.8) is 0 Å². The number of aromatic nitrogens is 3. The number of aliphatic imine (C=N–C) groups is 2. The molecule has 0 amide bonds. The Labute approximate surface area is 191 Å². The minimum absolute atomic E-state index is 0.112. The van der Waals surface area contributed by atoms with Crippen LogP contribution < -0.4 is 21.4 Å². The highest BCUT2D eigenvalue weighted by Crippen LogP contribution is 2.36. The number of ketones is 1. The van der Waals surface area contributed by atoms with E-state index in [9.17, 15) is 4.79 Å². The number of nitrogens with one attached hydrogen (secondary N) is 3.